The summed E-state index contributed by atoms with van der Waals surface area (Å²) in [6.45, 7) is 16.7. The van der Waals surface area contributed by atoms with E-state index in [0.717, 1.165) is 116 Å². The third-order valence-corrected chi connectivity index (χ3v) is 28.9. The predicted molar refractivity (Wildman–Crippen MR) is 635 cm³/mol. The van der Waals surface area contributed by atoms with Crippen molar-refractivity contribution in [2.24, 2.45) is 30.0 Å². The lowest BCUT2D eigenvalue weighted by atomic mass is 9.92. The summed E-state index contributed by atoms with van der Waals surface area (Å²) in [7, 11) is 0. The fourth-order valence-electron chi connectivity index (χ4n) is 19.5. The quantitative estimate of drug-likeness (QED) is 0.0118. The molecule has 0 aliphatic heterocycles. The van der Waals surface area contributed by atoms with Crippen LogP contribution in [0.5, 0.6) is 69.0 Å². The van der Waals surface area contributed by atoms with Crippen LogP contribution in [0.4, 0.5) is 34.1 Å². The van der Waals surface area contributed by atoms with Crippen molar-refractivity contribution in [3.8, 4) is 69.0 Å². The molecule has 0 saturated carbocycles. The number of rotatable bonds is 84. The molecule has 0 fully saturated rings. The third-order valence-electron chi connectivity index (χ3n) is 28.9. The number of ether oxygens (including phenoxy) is 6. The molecule has 0 bridgehead atoms. The first-order valence-electron chi connectivity index (χ1n) is 59.3. The molecule has 0 atom stereocenters. The number of nitrogens with zero attached hydrogens (tertiary/aromatic N) is 6. The number of phenols is 6. The molecule has 0 aromatic heterocycles. The number of unbranched alkanes of at least 4 members (excludes halogenated alkanes) is 54. The smallest absolute Gasteiger partial charge is 0.128 e. The zero-order valence-corrected chi connectivity index (χ0v) is 92.8. The van der Waals surface area contributed by atoms with Gasteiger partial charge in [0.15, 0.2) is 0 Å². The van der Waals surface area contributed by atoms with Crippen molar-refractivity contribution >= 4 is 104 Å². The fraction of sp³-hybridized carbons (Fsp3) is 0.545. The van der Waals surface area contributed by atoms with E-state index in [1.807, 2.05) is 72.8 Å². The Hall–Kier alpha value is -11.4. The summed E-state index contributed by atoms with van der Waals surface area (Å²) in [4.78, 5) is 31.7. The van der Waals surface area contributed by atoms with Gasteiger partial charge < -0.3 is 59.1 Å². The molecule has 0 saturated heterocycles. The number of benzene rings is 10. The van der Waals surface area contributed by atoms with Gasteiger partial charge in [-0.25, -0.2) is 0 Å². The molecule has 10 rings (SSSR count). The molecule has 10 aromatic rings. The van der Waals surface area contributed by atoms with Gasteiger partial charge in [0.2, 0.25) is 0 Å². The summed E-state index contributed by atoms with van der Waals surface area (Å²) in [5, 5.41) is 76.0. The van der Waals surface area contributed by atoms with Gasteiger partial charge in [-0.3, -0.25) is 30.0 Å². The van der Waals surface area contributed by atoms with Gasteiger partial charge >= 0.3 is 0 Å². The van der Waals surface area contributed by atoms with Gasteiger partial charge in [-0.05, 0) is 180 Å². The summed E-state index contributed by atoms with van der Waals surface area (Å²) >= 11 is 0. The average Bonchev–Trinajstić information content (AvgIpc) is 0.722. The standard InChI is InChI=1S/C132H186N6O12/c1-7-13-19-25-31-37-43-49-55-61-79-145-109-73-67-103(127(139)85-109)97-133-121-91-115-116(92-122(121)134-98-104-68-74-110(86-128(104)140)146-80-62-56-50-44-38-32-26-20-14-8-2)118-94-124(136-100-106-70-76-112(88-130(106)142)148-82-64-58-52-46-40-34-28-22-16-10-4)126(138-102-108-72-78-114(90-132(108)144)150-84-66-60-54-48-42-36-30-24-18-12-6)96-120(118)119-95-125(137-101-107-71-77-113(89-131(107)143)149-83-65-59-53-47-41-35-29-23-17-11-5)123(93-117(115)119)135-99-105-69-75-111(87-129(105)141)147-81-63-57-51-45-39-33-27-21-15-9-3/h67-78,85-102,139-144H,7-66,79-84H2,1-6H3. The molecular formula is C132H186N6O12. The maximum absolute atomic E-state index is 12.0. The highest BCUT2D eigenvalue weighted by atomic mass is 16.5. The molecule has 0 spiro atoms. The van der Waals surface area contributed by atoms with Gasteiger partial charge in [-0.1, -0.05) is 388 Å². The summed E-state index contributed by atoms with van der Waals surface area (Å²) < 4.78 is 37.6. The van der Waals surface area contributed by atoms with Crippen molar-refractivity contribution in [2.45, 2.75) is 427 Å². The van der Waals surface area contributed by atoms with Crippen molar-refractivity contribution in [2.75, 3.05) is 39.6 Å². The lowest BCUT2D eigenvalue weighted by Crippen LogP contribution is -1.98. The van der Waals surface area contributed by atoms with Gasteiger partial charge in [0, 0.05) is 107 Å². The molecule has 18 heteroatoms. The van der Waals surface area contributed by atoms with Gasteiger partial charge in [0.05, 0.1) is 73.8 Å². The van der Waals surface area contributed by atoms with Crippen molar-refractivity contribution < 1.29 is 59.1 Å². The maximum atomic E-state index is 12.0. The van der Waals surface area contributed by atoms with Crippen LogP contribution in [0.3, 0.4) is 0 Å². The van der Waals surface area contributed by atoms with E-state index < -0.39 is 0 Å². The Kier molecular flexibility index (Phi) is 59.2. The normalized spacial score (nSPS) is 12.0. The van der Waals surface area contributed by atoms with Crippen LogP contribution in [0.25, 0.3) is 32.3 Å². The molecule has 0 radical (unpaired) electrons. The minimum Gasteiger partial charge on any atom is -0.507 e. The summed E-state index contributed by atoms with van der Waals surface area (Å²) in [6, 6.07) is 43.6. The average molecular weight is 2050 g/mol. The van der Waals surface area contributed by atoms with Gasteiger partial charge in [-0.2, -0.15) is 0 Å². The number of aromatic hydroxyl groups is 6. The molecule has 0 aliphatic rings. The van der Waals surface area contributed by atoms with E-state index in [2.05, 4.69) is 41.5 Å². The highest BCUT2D eigenvalue weighted by Gasteiger charge is 2.21. The van der Waals surface area contributed by atoms with Crippen LogP contribution >= 0.6 is 0 Å². The second kappa shape index (κ2) is 73.7. The molecular weight excluding hydrogens is 1860 g/mol. The van der Waals surface area contributed by atoms with Crippen molar-refractivity contribution in [3.63, 3.8) is 0 Å². The monoisotopic (exact) mass is 2050 g/mol. The Morgan fingerprint density at radius 1 is 0.153 bits per heavy atom. The minimum atomic E-state index is -0.0212. The molecule has 0 heterocycles. The van der Waals surface area contributed by atoms with Crippen molar-refractivity contribution in [1.29, 1.82) is 0 Å². The molecule has 10 aromatic carbocycles. The van der Waals surface area contributed by atoms with Crippen LogP contribution in [0.1, 0.15) is 460 Å². The number of fused-ring (bicyclic) bond motifs is 6. The molecule has 0 unspecified atom stereocenters. The Balaban J connectivity index is 1.11. The fourth-order valence-corrected chi connectivity index (χ4v) is 19.5. The van der Waals surface area contributed by atoms with Crippen LogP contribution < -0.4 is 28.4 Å². The van der Waals surface area contributed by atoms with Crippen LogP contribution in [0.15, 0.2) is 176 Å². The molecule has 18 nitrogen and oxygen atoms in total. The summed E-state index contributed by atoms with van der Waals surface area (Å²) in [5.74, 6) is 3.19. The second-order valence-electron chi connectivity index (χ2n) is 41.7. The van der Waals surface area contributed by atoms with Crippen LogP contribution in [-0.4, -0.2) is 108 Å². The van der Waals surface area contributed by atoms with Gasteiger partial charge in [0.25, 0.3) is 0 Å². The molecule has 0 amide bonds. The highest BCUT2D eigenvalue weighted by Crippen LogP contribution is 2.49. The highest BCUT2D eigenvalue weighted by molar-refractivity contribution is 6.29. The Morgan fingerprint density at radius 2 is 0.267 bits per heavy atom. The number of hydrogen-bond acceptors (Lipinski definition) is 18. The van der Waals surface area contributed by atoms with E-state index in [1.165, 1.54) is 270 Å². The molecule has 816 valence electrons. The van der Waals surface area contributed by atoms with E-state index in [1.54, 1.807) is 110 Å². The predicted octanol–water partition coefficient (Wildman–Crippen LogP) is 39.7. The van der Waals surface area contributed by atoms with E-state index >= 15 is 0 Å². The maximum Gasteiger partial charge on any atom is 0.128 e. The van der Waals surface area contributed by atoms with Gasteiger partial charge in [-0.15, -0.1) is 0 Å². The van der Waals surface area contributed by atoms with Crippen molar-refractivity contribution in [3.05, 3.63) is 179 Å². The topological polar surface area (TPSA) is 251 Å². The molecule has 6 N–H and O–H groups in total. The Labute approximate surface area is 901 Å². The van der Waals surface area contributed by atoms with Crippen LogP contribution in [0.2, 0.25) is 0 Å². The van der Waals surface area contributed by atoms with Crippen LogP contribution in [0, 0.1) is 0 Å². The Morgan fingerprint density at radius 3 is 0.380 bits per heavy atom. The van der Waals surface area contributed by atoms with Crippen molar-refractivity contribution in [1.82, 2.24) is 0 Å². The van der Waals surface area contributed by atoms with E-state index in [4.69, 9.17) is 58.4 Å². The number of phenolic OH excluding ortho intramolecular Hbond substituents is 6. The largest absolute Gasteiger partial charge is 0.507 e. The zero-order valence-electron chi connectivity index (χ0n) is 92.8. The lowest BCUT2D eigenvalue weighted by Gasteiger charge is -2.16. The molecule has 0 aliphatic carbocycles. The Bertz CT molecular complexity index is 4770. The van der Waals surface area contributed by atoms with Gasteiger partial charge in [0.1, 0.15) is 69.0 Å². The molecule has 150 heavy (non-hydrogen) atoms. The first-order valence-corrected chi connectivity index (χ1v) is 59.3. The first kappa shape index (κ1) is 120. The zero-order chi connectivity index (χ0) is 106. The SMILES string of the molecule is CCCCCCCCCCCCOc1ccc(C=Nc2cc3c4cc(N=Cc5ccc(OCCCCCCCCCCCC)cc5O)c(N=Cc5ccc(OCCCCCCCCCCCC)cc5O)cc4c4cc(N=Cc5ccc(OCCCCCCCCCCCC)cc5O)c(N=Cc5ccc(OCCCCCCCCCCCC)cc5O)cc4c3cc2N=Cc2ccc(OCCCCCCCCCCCC)cc2O)c(O)c1. The van der Waals surface area contributed by atoms with E-state index in [-0.39, 0.29) is 34.5 Å². The van der Waals surface area contributed by atoms with E-state index in [9.17, 15) is 30.6 Å². The summed E-state index contributed by atoms with van der Waals surface area (Å²) in [5.41, 5.74) is 5.00. The lowest BCUT2D eigenvalue weighted by molar-refractivity contribution is 0.302. The third kappa shape index (κ3) is 45.6. The number of aliphatic imine (C=N–C) groups is 6. The van der Waals surface area contributed by atoms with E-state index in [0.29, 0.717) is 174 Å². The minimum absolute atomic E-state index is 0.0212. The first-order chi connectivity index (χ1) is 73.8. The summed E-state index contributed by atoms with van der Waals surface area (Å²) in [6.07, 6.45) is 82.2. The van der Waals surface area contributed by atoms with Crippen LogP contribution in [-0.2, 0) is 0 Å². The second-order valence-corrected chi connectivity index (χ2v) is 41.7. The number of hydrogen-bond donors (Lipinski definition) is 6.